The topological polar surface area (TPSA) is 48.4 Å². The molecular weight excluding hydrogens is 400 g/mol. The Morgan fingerprint density at radius 1 is 1.26 bits per heavy atom. The first-order valence-electron chi connectivity index (χ1n) is 6.04. The van der Waals surface area contributed by atoms with Gasteiger partial charge in [0.25, 0.3) is 0 Å². The van der Waals surface area contributed by atoms with Crippen molar-refractivity contribution in [2.24, 2.45) is 0 Å². The van der Waals surface area contributed by atoms with Crippen LogP contribution in [-0.4, -0.2) is 23.9 Å². The van der Waals surface area contributed by atoms with Crippen molar-refractivity contribution < 1.29 is 40.6 Å². The molecule has 1 heterocycles. The van der Waals surface area contributed by atoms with E-state index in [4.69, 9.17) is 0 Å². The van der Waals surface area contributed by atoms with Crippen LogP contribution >= 0.6 is 15.9 Å². The molecule has 0 aliphatic carbocycles. The van der Waals surface area contributed by atoms with Crippen molar-refractivity contribution in [2.45, 2.75) is 31.2 Å². The molecule has 0 saturated heterocycles. The minimum absolute atomic E-state index is 0.0341. The smallest absolute Gasteiger partial charge is 0.466 e. The van der Waals surface area contributed by atoms with E-state index in [1.807, 2.05) is 0 Å². The van der Waals surface area contributed by atoms with Gasteiger partial charge in [-0.2, -0.15) is 13.2 Å². The average Bonchev–Trinajstić information content (AvgIpc) is 2.37. The van der Waals surface area contributed by atoms with E-state index in [2.05, 4.69) is 30.4 Å². The van der Waals surface area contributed by atoms with Crippen LogP contribution in [-0.2, 0) is 27.5 Å². The lowest BCUT2D eigenvalue weighted by Crippen LogP contribution is -2.22. The van der Waals surface area contributed by atoms with Crippen molar-refractivity contribution in [3.05, 3.63) is 23.0 Å². The zero-order valence-electron chi connectivity index (χ0n) is 11.5. The molecule has 0 fully saturated rings. The molecule has 4 nitrogen and oxygen atoms in total. The van der Waals surface area contributed by atoms with Gasteiger partial charge >= 0.3 is 18.5 Å². The number of ether oxygens (including phenoxy) is 2. The molecule has 0 aromatic carbocycles. The highest BCUT2D eigenvalue weighted by atomic mass is 79.9. The van der Waals surface area contributed by atoms with Gasteiger partial charge in [0, 0.05) is 22.7 Å². The number of aromatic nitrogens is 1. The molecule has 1 aromatic heterocycles. The van der Waals surface area contributed by atoms with E-state index >= 15 is 0 Å². The predicted octanol–water partition coefficient (Wildman–Crippen LogP) is 4.00. The summed E-state index contributed by atoms with van der Waals surface area (Å²) in [7, 11) is 0. The summed E-state index contributed by atoms with van der Waals surface area (Å²) in [4.78, 5) is 14.5. The first-order chi connectivity index (χ1) is 10.5. The third-order valence-electron chi connectivity index (χ3n) is 2.46. The zero-order chi connectivity index (χ0) is 17.8. The van der Waals surface area contributed by atoms with Gasteiger partial charge < -0.3 is 9.47 Å². The minimum atomic E-state index is -5.23. The van der Waals surface area contributed by atoms with Gasteiger partial charge in [-0.25, -0.2) is 0 Å². The molecule has 0 saturated carbocycles. The van der Waals surface area contributed by atoms with Crippen molar-refractivity contribution in [1.29, 1.82) is 0 Å². The van der Waals surface area contributed by atoms with Gasteiger partial charge in [0.1, 0.15) is 5.75 Å². The summed E-state index contributed by atoms with van der Waals surface area (Å²) < 4.78 is 84.3. The number of halogens is 7. The van der Waals surface area contributed by atoms with E-state index in [1.54, 1.807) is 0 Å². The number of rotatable bonds is 5. The lowest BCUT2D eigenvalue weighted by Gasteiger charge is -2.19. The fourth-order valence-electron chi connectivity index (χ4n) is 1.68. The van der Waals surface area contributed by atoms with E-state index in [0.717, 1.165) is 0 Å². The predicted molar refractivity (Wildman–Crippen MR) is 68.9 cm³/mol. The second-order valence-electron chi connectivity index (χ2n) is 4.10. The van der Waals surface area contributed by atoms with Crippen molar-refractivity contribution >= 4 is 21.9 Å². The minimum Gasteiger partial charge on any atom is -0.466 e. The number of pyridine rings is 1. The molecule has 0 radical (unpaired) electrons. The molecule has 0 amide bonds. The van der Waals surface area contributed by atoms with Crippen LogP contribution in [0.5, 0.6) is 5.75 Å². The Hall–Kier alpha value is -1.52. The molecule has 0 aliphatic rings. The maximum atomic E-state index is 12.9. The monoisotopic (exact) mass is 409 g/mol. The normalized spacial score (nSPS) is 12.2. The number of hydrogen-bond donors (Lipinski definition) is 0. The number of nitrogens with zero attached hydrogens (tertiary/aromatic N) is 1. The van der Waals surface area contributed by atoms with Crippen LogP contribution in [0.3, 0.4) is 0 Å². The third kappa shape index (κ3) is 5.56. The Labute approximate surface area is 134 Å². The van der Waals surface area contributed by atoms with Gasteiger partial charge in [0.05, 0.1) is 13.0 Å². The van der Waals surface area contributed by atoms with Gasteiger partial charge in [-0.15, -0.1) is 13.2 Å². The Kier molecular flexibility index (Phi) is 6.25. The number of carbonyl (C=O) groups excluding carboxylic acids is 1. The van der Waals surface area contributed by atoms with Crippen LogP contribution in [0, 0.1) is 0 Å². The first-order valence-corrected chi connectivity index (χ1v) is 7.17. The maximum absolute atomic E-state index is 12.9. The molecule has 130 valence electrons. The highest BCUT2D eigenvalue weighted by Gasteiger charge is 2.40. The van der Waals surface area contributed by atoms with Crippen LogP contribution in [0.15, 0.2) is 6.20 Å². The summed E-state index contributed by atoms with van der Waals surface area (Å²) in [6.07, 6.45) is -10.4. The molecule has 0 unspecified atom stereocenters. The molecule has 1 aromatic rings. The van der Waals surface area contributed by atoms with E-state index in [9.17, 15) is 31.1 Å². The van der Waals surface area contributed by atoms with Gasteiger partial charge in [-0.3, -0.25) is 9.78 Å². The highest BCUT2D eigenvalue weighted by molar-refractivity contribution is 9.08. The van der Waals surface area contributed by atoms with Crippen molar-refractivity contribution in [1.82, 2.24) is 4.98 Å². The summed E-state index contributed by atoms with van der Waals surface area (Å²) in [5, 5.41) is -0.600. The van der Waals surface area contributed by atoms with E-state index in [-0.39, 0.29) is 6.61 Å². The third-order valence-corrected chi connectivity index (χ3v) is 3.02. The summed E-state index contributed by atoms with van der Waals surface area (Å²) >= 11 is 2.69. The molecule has 1 rings (SSSR count). The SMILES string of the molecule is CCOC(=O)Cc1cnc(C(F)(F)F)c(CBr)c1OC(F)(F)F. The van der Waals surface area contributed by atoms with Crippen LogP contribution in [0.2, 0.25) is 0 Å². The summed E-state index contributed by atoms with van der Waals surface area (Å²) in [6, 6.07) is 0. The maximum Gasteiger partial charge on any atom is 0.573 e. The summed E-state index contributed by atoms with van der Waals surface area (Å²) in [5.74, 6) is -2.02. The van der Waals surface area contributed by atoms with E-state index in [1.165, 1.54) is 6.92 Å². The molecule has 0 bridgehead atoms. The molecule has 0 N–H and O–H groups in total. The fraction of sp³-hybridized carbons (Fsp3) is 0.500. The van der Waals surface area contributed by atoms with Crippen molar-refractivity contribution in [3.8, 4) is 5.75 Å². The number of hydrogen-bond acceptors (Lipinski definition) is 4. The Bertz CT molecular complexity index is 573. The number of esters is 1. The first kappa shape index (κ1) is 19.5. The van der Waals surface area contributed by atoms with Crippen LogP contribution < -0.4 is 4.74 Å². The Morgan fingerprint density at radius 2 is 1.87 bits per heavy atom. The van der Waals surface area contributed by atoms with E-state index < -0.39 is 52.8 Å². The number of alkyl halides is 7. The van der Waals surface area contributed by atoms with Crippen molar-refractivity contribution in [3.63, 3.8) is 0 Å². The molecule has 23 heavy (non-hydrogen) atoms. The van der Waals surface area contributed by atoms with Gasteiger partial charge in [0.15, 0.2) is 5.69 Å². The largest absolute Gasteiger partial charge is 0.573 e. The lowest BCUT2D eigenvalue weighted by molar-refractivity contribution is -0.275. The second kappa shape index (κ2) is 7.37. The fourth-order valence-corrected chi connectivity index (χ4v) is 2.21. The Morgan fingerprint density at radius 3 is 2.30 bits per heavy atom. The highest BCUT2D eigenvalue weighted by Crippen LogP contribution is 2.39. The van der Waals surface area contributed by atoms with Gasteiger partial charge in [-0.05, 0) is 6.92 Å². The Balaban J connectivity index is 3.43. The van der Waals surface area contributed by atoms with E-state index in [0.29, 0.717) is 6.20 Å². The number of carbonyl (C=O) groups is 1. The summed E-state index contributed by atoms with van der Waals surface area (Å²) in [6.45, 7) is 1.44. The lowest BCUT2D eigenvalue weighted by atomic mass is 10.1. The second-order valence-corrected chi connectivity index (χ2v) is 4.66. The molecule has 11 heteroatoms. The molecule has 0 aliphatic heterocycles. The van der Waals surface area contributed by atoms with Crippen LogP contribution in [0.25, 0.3) is 0 Å². The zero-order valence-corrected chi connectivity index (χ0v) is 13.1. The molecule has 0 atom stereocenters. The van der Waals surface area contributed by atoms with Gasteiger partial charge in [0.2, 0.25) is 0 Å². The van der Waals surface area contributed by atoms with Gasteiger partial charge in [-0.1, -0.05) is 15.9 Å². The van der Waals surface area contributed by atoms with Crippen molar-refractivity contribution in [2.75, 3.05) is 6.61 Å². The standard InChI is InChI=1S/C12H10BrF6NO3/c1-2-22-8(21)3-6-5-20-10(11(14,15)16)7(4-13)9(6)23-12(17,18)19/h5H,2-4H2,1H3. The van der Waals surface area contributed by atoms with Crippen LogP contribution in [0.1, 0.15) is 23.7 Å². The average molecular weight is 410 g/mol. The molecular formula is C12H10BrF6NO3. The summed E-state index contributed by atoms with van der Waals surface area (Å²) in [5.41, 5.74) is -2.83. The quantitative estimate of drug-likeness (QED) is 0.419. The van der Waals surface area contributed by atoms with Crippen LogP contribution in [0.4, 0.5) is 26.3 Å². The molecule has 0 spiro atoms.